The Morgan fingerprint density at radius 2 is 2.24 bits per heavy atom. The summed E-state index contributed by atoms with van der Waals surface area (Å²) in [6, 6.07) is 7.48. The number of nitriles is 1. The summed E-state index contributed by atoms with van der Waals surface area (Å²) in [6.45, 7) is 4.05. The third-order valence-electron chi connectivity index (χ3n) is 3.73. The van der Waals surface area contributed by atoms with Gasteiger partial charge in [0, 0.05) is 11.5 Å². The minimum absolute atomic E-state index is 0.139. The van der Waals surface area contributed by atoms with E-state index in [1.807, 2.05) is 19.9 Å². The van der Waals surface area contributed by atoms with Crippen LogP contribution in [0.4, 0.5) is 11.4 Å². The highest BCUT2D eigenvalue weighted by Gasteiger charge is 2.47. The number of nitrogens with one attached hydrogen (secondary N) is 1. The molecule has 17 heavy (non-hydrogen) atoms. The second kappa shape index (κ2) is 3.94. The number of anilines is 2. The van der Waals surface area contributed by atoms with Gasteiger partial charge in [-0.1, -0.05) is 13.8 Å². The zero-order chi connectivity index (χ0) is 12.6. The van der Waals surface area contributed by atoms with Crippen LogP contribution >= 0.6 is 0 Å². The number of rotatable bonds is 2. The number of nitrogens with zero attached hydrogens (tertiary/aromatic N) is 1. The summed E-state index contributed by atoms with van der Waals surface area (Å²) in [5.41, 5.74) is 7.69. The van der Waals surface area contributed by atoms with Gasteiger partial charge in [-0.15, -0.1) is 0 Å². The molecule has 0 aromatic heterocycles. The molecule has 0 bridgehead atoms. The lowest BCUT2D eigenvalue weighted by atomic mass is 9.64. The molecule has 2 rings (SSSR count). The molecule has 0 radical (unpaired) electrons. The van der Waals surface area contributed by atoms with Crippen LogP contribution < -0.4 is 11.1 Å². The fraction of sp³-hybridized carbons (Fsp3) is 0.462. The van der Waals surface area contributed by atoms with E-state index in [-0.39, 0.29) is 17.6 Å². The quantitative estimate of drug-likeness (QED) is 0.677. The maximum absolute atomic E-state index is 9.66. The van der Waals surface area contributed by atoms with Crippen LogP contribution in [0.15, 0.2) is 18.2 Å². The summed E-state index contributed by atoms with van der Waals surface area (Å²) in [6.07, 6.45) is 0.464. The zero-order valence-electron chi connectivity index (χ0n) is 10.1. The van der Waals surface area contributed by atoms with Crippen molar-refractivity contribution in [3.05, 3.63) is 23.8 Å². The van der Waals surface area contributed by atoms with Gasteiger partial charge in [0.2, 0.25) is 0 Å². The number of nitrogens with two attached hydrogens (primary N) is 1. The van der Waals surface area contributed by atoms with Gasteiger partial charge >= 0.3 is 0 Å². The maximum Gasteiger partial charge on any atom is 0.0992 e. The van der Waals surface area contributed by atoms with E-state index in [1.165, 1.54) is 0 Å². The van der Waals surface area contributed by atoms with Crippen LogP contribution in [-0.2, 0) is 0 Å². The van der Waals surface area contributed by atoms with Crippen molar-refractivity contribution >= 4 is 11.4 Å². The SMILES string of the molecule is CC1(C)C(O)CC1Nc1ccc(C#N)cc1N. The van der Waals surface area contributed by atoms with Crippen LogP contribution in [-0.4, -0.2) is 17.3 Å². The average molecular weight is 231 g/mol. The minimum atomic E-state index is -0.264. The summed E-state index contributed by atoms with van der Waals surface area (Å²) in [5, 5.41) is 21.7. The highest BCUT2D eigenvalue weighted by molar-refractivity contribution is 5.68. The first kappa shape index (κ1) is 11.7. The van der Waals surface area contributed by atoms with E-state index in [9.17, 15) is 5.11 Å². The summed E-state index contributed by atoms with van der Waals surface area (Å²) in [7, 11) is 0. The molecule has 4 heteroatoms. The van der Waals surface area contributed by atoms with Gasteiger partial charge in [0.05, 0.1) is 29.1 Å². The van der Waals surface area contributed by atoms with Gasteiger partial charge in [-0.3, -0.25) is 0 Å². The fourth-order valence-electron chi connectivity index (χ4n) is 2.10. The molecule has 1 aliphatic carbocycles. The van der Waals surface area contributed by atoms with Crippen molar-refractivity contribution in [2.24, 2.45) is 5.41 Å². The Hall–Kier alpha value is -1.73. The number of aliphatic hydroxyl groups excluding tert-OH is 1. The van der Waals surface area contributed by atoms with Crippen molar-refractivity contribution in [3.8, 4) is 6.07 Å². The zero-order valence-corrected chi connectivity index (χ0v) is 10.1. The van der Waals surface area contributed by atoms with Gasteiger partial charge in [0.25, 0.3) is 0 Å². The first-order chi connectivity index (χ1) is 7.95. The highest BCUT2D eigenvalue weighted by Crippen LogP contribution is 2.42. The molecule has 4 N–H and O–H groups in total. The van der Waals surface area contributed by atoms with E-state index >= 15 is 0 Å². The van der Waals surface area contributed by atoms with E-state index < -0.39 is 0 Å². The van der Waals surface area contributed by atoms with Crippen molar-refractivity contribution in [2.45, 2.75) is 32.4 Å². The maximum atomic E-state index is 9.66. The Bertz CT molecular complexity index is 476. The Labute approximate surface area is 101 Å². The van der Waals surface area contributed by atoms with Crippen LogP contribution in [0.3, 0.4) is 0 Å². The molecule has 1 fully saturated rings. The average Bonchev–Trinajstić information content (AvgIpc) is 2.30. The van der Waals surface area contributed by atoms with E-state index in [2.05, 4.69) is 11.4 Å². The molecule has 1 aromatic carbocycles. The Morgan fingerprint density at radius 3 is 2.71 bits per heavy atom. The van der Waals surface area contributed by atoms with Crippen LogP contribution in [0.1, 0.15) is 25.8 Å². The summed E-state index contributed by atoms with van der Waals surface area (Å²) >= 11 is 0. The van der Waals surface area contributed by atoms with Gasteiger partial charge in [0.15, 0.2) is 0 Å². The molecule has 0 amide bonds. The summed E-state index contributed by atoms with van der Waals surface area (Å²) in [5.74, 6) is 0. The number of hydrogen-bond acceptors (Lipinski definition) is 4. The van der Waals surface area contributed by atoms with E-state index in [1.54, 1.807) is 12.1 Å². The third kappa shape index (κ3) is 1.94. The van der Waals surface area contributed by atoms with Crippen molar-refractivity contribution in [2.75, 3.05) is 11.1 Å². The molecule has 1 saturated carbocycles. The highest BCUT2D eigenvalue weighted by atomic mass is 16.3. The topological polar surface area (TPSA) is 82.1 Å². The first-order valence-corrected chi connectivity index (χ1v) is 5.69. The second-order valence-corrected chi connectivity index (χ2v) is 5.18. The van der Waals surface area contributed by atoms with E-state index in [4.69, 9.17) is 11.0 Å². The van der Waals surface area contributed by atoms with E-state index in [0.717, 1.165) is 12.1 Å². The molecule has 1 aromatic rings. The lowest BCUT2D eigenvalue weighted by molar-refractivity contribution is -0.0510. The van der Waals surface area contributed by atoms with Gasteiger partial charge in [0.1, 0.15) is 0 Å². The molecule has 0 saturated heterocycles. The number of aliphatic hydroxyl groups is 1. The molecule has 1 aliphatic rings. The molecular formula is C13H17N3O. The van der Waals surface area contributed by atoms with Crippen molar-refractivity contribution in [1.29, 1.82) is 5.26 Å². The first-order valence-electron chi connectivity index (χ1n) is 5.69. The van der Waals surface area contributed by atoms with Crippen molar-refractivity contribution in [1.82, 2.24) is 0 Å². The molecule has 2 unspecified atom stereocenters. The smallest absolute Gasteiger partial charge is 0.0992 e. The van der Waals surface area contributed by atoms with Gasteiger partial charge in [-0.05, 0) is 24.6 Å². The lowest BCUT2D eigenvalue weighted by Crippen LogP contribution is -2.56. The molecule has 0 heterocycles. The molecular weight excluding hydrogens is 214 g/mol. The monoisotopic (exact) mass is 231 g/mol. The minimum Gasteiger partial charge on any atom is -0.397 e. The number of benzene rings is 1. The van der Waals surface area contributed by atoms with Crippen molar-refractivity contribution < 1.29 is 5.11 Å². The normalized spacial score (nSPS) is 25.8. The fourth-order valence-corrected chi connectivity index (χ4v) is 2.10. The second-order valence-electron chi connectivity index (χ2n) is 5.18. The number of nitrogen functional groups attached to an aromatic ring is 1. The largest absolute Gasteiger partial charge is 0.397 e. The molecule has 2 atom stereocenters. The molecule has 90 valence electrons. The number of hydrogen-bond donors (Lipinski definition) is 3. The van der Waals surface area contributed by atoms with Crippen LogP contribution in [0, 0.1) is 16.7 Å². The van der Waals surface area contributed by atoms with Crippen LogP contribution in [0.2, 0.25) is 0 Å². The Kier molecular flexibility index (Phi) is 2.72. The molecule has 0 spiro atoms. The third-order valence-corrected chi connectivity index (χ3v) is 3.73. The molecule has 4 nitrogen and oxygen atoms in total. The van der Waals surface area contributed by atoms with Crippen LogP contribution in [0.5, 0.6) is 0 Å². The predicted molar refractivity (Wildman–Crippen MR) is 67.4 cm³/mol. The van der Waals surface area contributed by atoms with E-state index in [0.29, 0.717) is 11.3 Å². The summed E-state index contributed by atoms with van der Waals surface area (Å²) < 4.78 is 0. The Morgan fingerprint density at radius 1 is 1.53 bits per heavy atom. The Balaban J connectivity index is 2.13. The van der Waals surface area contributed by atoms with Gasteiger partial charge < -0.3 is 16.2 Å². The standard InChI is InChI=1S/C13H17N3O/c1-13(2)11(6-12(13)17)16-10-4-3-8(7-14)5-9(10)15/h3-5,11-12,16-17H,6,15H2,1-2H3. The van der Waals surface area contributed by atoms with Gasteiger partial charge in [-0.2, -0.15) is 5.26 Å². The van der Waals surface area contributed by atoms with Crippen molar-refractivity contribution in [3.63, 3.8) is 0 Å². The van der Waals surface area contributed by atoms with Crippen LogP contribution in [0.25, 0.3) is 0 Å². The predicted octanol–water partition coefficient (Wildman–Crippen LogP) is 1.71. The summed E-state index contributed by atoms with van der Waals surface area (Å²) in [4.78, 5) is 0. The molecule has 0 aliphatic heterocycles. The van der Waals surface area contributed by atoms with Gasteiger partial charge in [-0.25, -0.2) is 0 Å². The lowest BCUT2D eigenvalue weighted by Gasteiger charge is -2.50.